The van der Waals surface area contributed by atoms with E-state index >= 15 is 0 Å². The molecule has 1 saturated heterocycles. The van der Waals surface area contributed by atoms with E-state index in [4.69, 9.17) is 23.2 Å². The van der Waals surface area contributed by atoms with Crippen LogP contribution in [0.2, 0.25) is 10.0 Å². The SMILES string of the molecule is CN1CCN(CCCNC(=O)/C=C/c2cc(Cl)ccc2Cl)CC1. The Morgan fingerprint density at radius 2 is 2.00 bits per heavy atom. The fraction of sp³-hybridized carbons (Fsp3) is 0.471. The number of piperazine rings is 1. The summed E-state index contributed by atoms with van der Waals surface area (Å²) in [5.74, 6) is -0.112. The van der Waals surface area contributed by atoms with Gasteiger partial charge in [-0.15, -0.1) is 0 Å². The zero-order valence-corrected chi connectivity index (χ0v) is 14.9. The molecule has 0 atom stereocenters. The van der Waals surface area contributed by atoms with Crippen molar-refractivity contribution in [3.63, 3.8) is 0 Å². The summed E-state index contributed by atoms with van der Waals surface area (Å²) in [6.07, 6.45) is 4.14. The minimum Gasteiger partial charge on any atom is -0.353 e. The van der Waals surface area contributed by atoms with Gasteiger partial charge in [0, 0.05) is 48.8 Å². The summed E-state index contributed by atoms with van der Waals surface area (Å²) in [7, 11) is 2.15. The molecule has 23 heavy (non-hydrogen) atoms. The van der Waals surface area contributed by atoms with E-state index in [0.29, 0.717) is 16.6 Å². The van der Waals surface area contributed by atoms with Crippen LogP contribution < -0.4 is 5.32 Å². The summed E-state index contributed by atoms with van der Waals surface area (Å²) < 4.78 is 0. The van der Waals surface area contributed by atoms with Gasteiger partial charge in [-0.25, -0.2) is 0 Å². The molecular formula is C17H23Cl2N3O. The minimum absolute atomic E-state index is 0.112. The molecule has 0 unspecified atom stereocenters. The van der Waals surface area contributed by atoms with E-state index < -0.39 is 0 Å². The van der Waals surface area contributed by atoms with Gasteiger partial charge >= 0.3 is 0 Å². The number of carbonyl (C=O) groups is 1. The number of hydrogen-bond acceptors (Lipinski definition) is 3. The summed E-state index contributed by atoms with van der Waals surface area (Å²) in [4.78, 5) is 16.6. The smallest absolute Gasteiger partial charge is 0.244 e. The molecule has 126 valence electrons. The van der Waals surface area contributed by atoms with Crippen molar-refractivity contribution in [1.82, 2.24) is 15.1 Å². The van der Waals surface area contributed by atoms with Crippen molar-refractivity contribution in [2.24, 2.45) is 0 Å². The normalized spacial score (nSPS) is 16.8. The van der Waals surface area contributed by atoms with Crippen LogP contribution in [-0.2, 0) is 4.79 Å². The Morgan fingerprint density at radius 1 is 1.26 bits per heavy atom. The maximum absolute atomic E-state index is 11.8. The van der Waals surface area contributed by atoms with E-state index in [2.05, 4.69) is 22.2 Å². The summed E-state index contributed by atoms with van der Waals surface area (Å²) in [6.45, 7) is 6.16. The van der Waals surface area contributed by atoms with Gasteiger partial charge < -0.3 is 15.1 Å². The highest BCUT2D eigenvalue weighted by atomic mass is 35.5. The van der Waals surface area contributed by atoms with Crippen LogP contribution in [0, 0.1) is 0 Å². The lowest BCUT2D eigenvalue weighted by Gasteiger charge is -2.32. The number of amides is 1. The van der Waals surface area contributed by atoms with Crippen LogP contribution in [0.5, 0.6) is 0 Å². The summed E-state index contributed by atoms with van der Waals surface area (Å²) >= 11 is 12.0. The fourth-order valence-corrected chi connectivity index (χ4v) is 2.81. The van der Waals surface area contributed by atoms with E-state index in [9.17, 15) is 4.79 Å². The average molecular weight is 356 g/mol. The van der Waals surface area contributed by atoms with Crippen LogP contribution in [0.15, 0.2) is 24.3 Å². The molecule has 1 aromatic carbocycles. The first-order valence-electron chi connectivity index (χ1n) is 7.86. The molecule has 1 fully saturated rings. The Balaban J connectivity index is 1.67. The standard InChI is InChI=1S/C17H23Cl2N3O/c1-21-9-11-22(12-10-21)8-2-7-20-17(23)6-3-14-13-15(18)4-5-16(14)19/h3-6,13H,2,7-12H2,1H3,(H,20,23)/b6-3+. The Bertz CT molecular complexity index is 555. The van der Waals surface area contributed by atoms with Gasteiger partial charge in [-0.1, -0.05) is 23.2 Å². The highest BCUT2D eigenvalue weighted by Crippen LogP contribution is 2.21. The average Bonchev–Trinajstić information content (AvgIpc) is 2.54. The Hall–Kier alpha value is -1.07. The third-order valence-electron chi connectivity index (χ3n) is 3.92. The second-order valence-electron chi connectivity index (χ2n) is 5.79. The summed E-state index contributed by atoms with van der Waals surface area (Å²) in [5, 5.41) is 4.07. The molecule has 1 aromatic rings. The first kappa shape index (κ1) is 18.3. The Morgan fingerprint density at radius 3 is 2.74 bits per heavy atom. The lowest BCUT2D eigenvalue weighted by atomic mass is 10.2. The summed E-state index contributed by atoms with van der Waals surface area (Å²) in [5.41, 5.74) is 0.742. The van der Waals surface area contributed by atoms with Crippen LogP contribution in [-0.4, -0.2) is 62.0 Å². The maximum atomic E-state index is 11.8. The minimum atomic E-state index is -0.112. The first-order chi connectivity index (χ1) is 11.0. The molecule has 0 aromatic heterocycles. The molecule has 6 heteroatoms. The maximum Gasteiger partial charge on any atom is 0.244 e. The third kappa shape index (κ3) is 6.51. The predicted octanol–water partition coefficient (Wildman–Crippen LogP) is 2.76. The van der Waals surface area contributed by atoms with E-state index in [1.54, 1.807) is 24.3 Å². The van der Waals surface area contributed by atoms with Crippen LogP contribution in [0.1, 0.15) is 12.0 Å². The van der Waals surface area contributed by atoms with Crippen molar-refractivity contribution in [2.45, 2.75) is 6.42 Å². The molecule has 1 amide bonds. The molecule has 0 radical (unpaired) electrons. The quantitative estimate of drug-likeness (QED) is 0.629. The molecule has 1 aliphatic heterocycles. The van der Waals surface area contributed by atoms with Crippen molar-refractivity contribution in [1.29, 1.82) is 0 Å². The number of nitrogens with one attached hydrogen (secondary N) is 1. The number of rotatable bonds is 6. The largest absolute Gasteiger partial charge is 0.353 e. The van der Waals surface area contributed by atoms with E-state index in [-0.39, 0.29) is 5.91 Å². The third-order valence-corrected chi connectivity index (χ3v) is 4.50. The molecule has 0 saturated carbocycles. The van der Waals surface area contributed by atoms with Gasteiger partial charge in [0.1, 0.15) is 0 Å². The number of benzene rings is 1. The van der Waals surface area contributed by atoms with Gasteiger partial charge in [0.15, 0.2) is 0 Å². The van der Waals surface area contributed by atoms with Gasteiger partial charge in [0.05, 0.1) is 0 Å². The second-order valence-corrected chi connectivity index (χ2v) is 6.63. The van der Waals surface area contributed by atoms with E-state index in [0.717, 1.165) is 44.7 Å². The van der Waals surface area contributed by atoms with Crippen molar-refractivity contribution >= 4 is 35.2 Å². The van der Waals surface area contributed by atoms with Crippen molar-refractivity contribution < 1.29 is 4.79 Å². The molecule has 0 spiro atoms. The molecule has 1 heterocycles. The monoisotopic (exact) mass is 355 g/mol. The lowest BCUT2D eigenvalue weighted by Crippen LogP contribution is -2.45. The molecule has 4 nitrogen and oxygen atoms in total. The highest BCUT2D eigenvalue weighted by molar-refractivity contribution is 6.34. The molecular weight excluding hydrogens is 333 g/mol. The van der Waals surface area contributed by atoms with Gasteiger partial charge in [0.25, 0.3) is 0 Å². The van der Waals surface area contributed by atoms with Gasteiger partial charge in [0.2, 0.25) is 5.91 Å². The van der Waals surface area contributed by atoms with Crippen molar-refractivity contribution in [3.05, 3.63) is 39.9 Å². The molecule has 1 aliphatic rings. The van der Waals surface area contributed by atoms with Gasteiger partial charge in [-0.3, -0.25) is 4.79 Å². The molecule has 0 aliphatic carbocycles. The highest BCUT2D eigenvalue weighted by Gasteiger charge is 2.12. The first-order valence-corrected chi connectivity index (χ1v) is 8.62. The number of likely N-dealkylation sites (N-methyl/N-ethyl adjacent to an activating group) is 1. The Kier molecular flexibility index (Phi) is 7.37. The van der Waals surface area contributed by atoms with Crippen LogP contribution >= 0.6 is 23.2 Å². The second kappa shape index (κ2) is 9.28. The van der Waals surface area contributed by atoms with Crippen molar-refractivity contribution in [2.75, 3.05) is 46.3 Å². The zero-order valence-electron chi connectivity index (χ0n) is 13.4. The van der Waals surface area contributed by atoms with Crippen LogP contribution in [0.4, 0.5) is 0 Å². The fourth-order valence-electron chi connectivity index (χ4n) is 2.45. The predicted molar refractivity (Wildman–Crippen MR) is 97.1 cm³/mol. The van der Waals surface area contributed by atoms with Crippen LogP contribution in [0.3, 0.4) is 0 Å². The lowest BCUT2D eigenvalue weighted by molar-refractivity contribution is -0.116. The number of carbonyl (C=O) groups excluding carboxylic acids is 1. The van der Waals surface area contributed by atoms with Gasteiger partial charge in [-0.2, -0.15) is 0 Å². The topological polar surface area (TPSA) is 35.6 Å². The zero-order chi connectivity index (χ0) is 16.7. The Labute approximate surface area is 148 Å². The molecule has 2 rings (SSSR count). The van der Waals surface area contributed by atoms with E-state index in [1.807, 2.05) is 0 Å². The number of nitrogens with zero attached hydrogens (tertiary/aromatic N) is 2. The number of hydrogen-bond donors (Lipinski definition) is 1. The van der Waals surface area contributed by atoms with E-state index in [1.165, 1.54) is 6.08 Å². The van der Waals surface area contributed by atoms with Gasteiger partial charge in [-0.05, 0) is 49.9 Å². The molecule has 1 N–H and O–H groups in total. The van der Waals surface area contributed by atoms with Crippen LogP contribution in [0.25, 0.3) is 6.08 Å². The van der Waals surface area contributed by atoms with Crippen molar-refractivity contribution in [3.8, 4) is 0 Å². The summed E-state index contributed by atoms with van der Waals surface area (Å²) in [6, 6.07) is 5.18. The molecule has 0 bridgehead atoms. The number of halogens is 2.